The molecule has 3 rings (SSSR count). The molecule has 1 atom stereocenters. The summed E-state index contributed by atoms with van der Waals surface area (Å²) in [6, 6.07) is 22.0. The lowest BCUT2D eigenvalue weighted by molar-refractivity contribution is -0.122. The maximum Gasteiger partial charge on any atom is 0.241 e. The number of carbonyl (C=O) groups excluding carboxylic acids is 1. The molecule has 5 nitrogen and oxygen atoms in total. The van der Waals surface area contributed by atoms with E-state index in [4.69, 9.17) is 0 Å². The number of aryl methyl sites for hydroxylation is 3. The van der Waals surface area contributed by atoms with Gasteiger partial charge >= 0.3 is 0 Å². The number of hydrogen-bond acceptors (Lipinski definition) is 3. The van der Waals surface area contributed by atoms with Gasteiger partial charge in [-0.05, 0) is 55.9 Å². The van der Waals surface area contributed by atoms with Crippen LogP contribution in [0.5, 0.6) is 0 Å². The van der Waals surface area contributed by atoms with Crippen LogP contribution in [0, 0.1) is 20.8 Å². The second kappa shape index (κ2) is 10.6. The van der Waals surface area contributed by atoms with Crippen LogP contribution in [0.2, 0.25) is 0 Å². The summed E-state index contributed by atoms with van der Waals surface area (Å²) in [4.78, 5) is 13.3. The summed E-state index contributed by atoms with van der Waals surface area (Å²) < 4.78 is 29.3. The van der Waals surface area contributed by atoms with E-state index in [1.54, 1.807) is 13.8 Å². The van der Waals surface area contributed by atoms with E-state index in [1.165, 1.54) is 0 Å². The van der Waals surface area contributed by atoms with E-state index >= 15 is 0 Å². The fourth-order valence-corrected chi connectivity index (χ4v) is 5.62. The molecular weight excluding hydrogens is 420 g/mol. The highest BCUT2D eigenvalue weighted by atomic mass is 32.2. The fourth-order valence-electron chi connectivity index (χ4n) is 3.97. The summed E-state index contributed by atoms with van der Waals surface area (Å²) in [5, 5.41) is 2.90. The molecule has 0 aliphatic heterocycles. The summed E-state index contributed by atoms with van der Waals surface area (Å²) >= 11 is 0. The smallest absolute Gasteiger partial charge is 0.241 e. The maximum absolute atomic E-state index is 13.3. The van der Waals surface area contributed by atoms with Crippen LogP contribution in [-0.4, -0.2) is 26.9 Å². The molecule has 0 aliphatic rings. The van der Waals surface area contributed by atoms with Crippen molar-refractivity contribution in [1.82, 2.24) is 10.0 Å². The Morgan fingerprint density at radius 1 is 0.844 bits per heavy atom. The van der Waals surface area contributed by atoms with Crippen molar-refractivity contribution in [2.24, 2.45) is 0 Å². The van der Waals surface area contributed by atoms with Gasteiger partial charge in [-0.2, -0.15) is 4.72 Å². The van der Waals surface area contributed by atoms with Crippen molar-refractivity contribution in [2.75, 3.05) is 6.54 Å². The molecule has 3 aromatic rings. The molecule has 0 fully saturated rings. The Morgan fingerprint density at radius 3 is 1.94 bits per heavy atom. The van der Waals surface area contributed by atoms with Gasteiger partial charge in [-0.25, -0.2) is 8.42 Å². The van der Waals surface area contributed by atoms with Crippen LogP contribution >= 0.6 is 0 Å². The molecule has 0 saturated heterocycles. The van der Waals surface area contributed by atoms with E-state index < -0.39 is 16.1 Å². The standard InChI is InChI=1S/C26H30N2O3S/c1-19-16-20(2)25(21(3)17-19)32(30,31)28-24(18-23-12-8-5-9-13-23)26(29)27-15-14-22-10-6-4-7-11-22/h4-13,16-17,24,28H,14-15,18H2,1-3H3,(H,27,29). The van der Waals surface area contributed by atoms with Gasteiger partial charge in [0.25, 0.3) is 0 Å². The molecular formula is C26H30N2O3S. The third-order valence-electron chi connectivity index (χ3n) is 5.33. The first-order valence-corrected chi connectivity index (χ1v) is 12.2. The molecule has 3 aromatic carbocycles. The van der Waals surface area contributed by atoms with Gasteiger partial charge in [-0.1, -0.05) is 78.4 Å². The van der Waals surface area contributed by atoms with Crippen LogP contribution in [-0.2, 0) is 27.7 Å². The third-order valence-corrected chi connectivity index (χ3v) is 7.10. The Labute approximate surface area is 190 Å². The number of carbonyl (C=O) groups is 1. The molecule has 0 bridgehead atoms. The Hall–Kier alpha value is -2.96. The van der Waals surface area contributed by atoms with Gasteiger partial charge in [0.05, 0.1) is 4.90 Å². The summed E-state index contributed by atoms with van der Waals surface area (Å²) in [5.41, 5.74) is 4.32. The summed E-state index contributed by atoms with van der Waals surface area (Å²) in [6.45, 7) is 5.92. The molecule has 0 heterocycles. The first kappa shape index (κ1) is 23.7. The third kappa shape index (κ3) is 6.28. The minimum Gasteiger partial charge on any atom is -0.354 e. The van der Waals surface area contributed by atoms with Crippen LogP contribution in [0.1, 0.15) is 27.8 Å². The van der Waals surface area contributed by atoms with E-state index in [-0.39, 0.29) is 17.2 Å². The van der Waals surface area contributed by atoms with Crippen molar-refractivity contribution in [1.29, 1.82) is 0 Å². The van der Waals surface area contributed by atoms with Crippen LogP contribution in [0.3, 0.4) is 0 Å². The number of rotatable bonds is 9. The molecule has 168 valence electrons. The summed E-state index contributed by atoms with van der Waals surface area (Å²) in [7, 11) is -3.89. The van der Waals surface area contributed by atoms with Gasteiger partial charge in [0.1, 0.15) is 6.04 Å². The largest absolute Gasteiger partial charge is 0.354 e. The minimum atomic E-state index is -3.89. The summed E-state index contributed by atoms with van der Waals surface area (Å²) in [5.74, 6) is -0.337. The zero-order valence-electron chi connectivity index (χ0n) is 18.8. The van der Waals surface area contributed by atoms with E-state index in [0.29, 0.717) is 24.1 Å². The number of amides is 1. The molecule has 6 heteroatoms. The van der Waals surface area contributed by atoms with Gasteiger partial charge in [-0.3, -0.25) is 4.79 Å². The predicted molar refractivity (Wildman–Crippen MR) is 128 cm³/mol. The number of sulfonamides is 1. The van der Waals surface area contributed by atoms with Crippen molar-refractivity contribution >= 4 is 15.9 Å². The highest BCUT2D eigenvalue weighted by Gasteiger charge is 2.28. The Bertz CT molecular complexity index is 1140. The topological polar surface area (TPSA) is 75.3 Å². The van der Waals surface area contributed by atoms with Crippen LogP contribution in [0.25, 0.3) is 0 Å². The molecule has 1 unspecified atom stereocenters. The average Bonchev–Trinajstić information content (AvgIpc) is 2.73. The van der Waals surface area contributed by atoms with Gasteiger partial charge in [0, 0.05) is 6.54 Å². The highest BCUT2D eigenvalue weighted by molar-refractivity contribution is 7.89. The predicted octanol–water partition coefficient (Wildman–Crippen LogP) is 3.86. The van der Waals surface area contributed by atoms with Crippen molar-refractivity contribution in [3.05, 3.63) is 101 Å². The van der Waals surface area contributed by atoms with Gasteiger partial charge in [-0.15, -0.1) is 0 Å². The Balaban J connectivity index is 1.80. The van der Waals surface area contributed by atoms with Gasteiger partial charge in [0.2, 0.25) is 15.9 Å². The lowest BCUT2D eigenvalue weighted by atomic mass is 10.1. The second-order valence-corrected chi connectivity index (χ2v) is 9.77. The quantitative estimate of drug-likeness (QED) is 0.520. The Morgan fingerprint density at radius 2 is 1.38 bits per heavy atom. The molecule has 0 aromatic heterocycles. The van der Waals surface area contributed by atoms with E-state index in [1.807, 2.05) is 79.7 Å². The lowest BCUT2D eigenvalue weighted by Gasteiger charge is -2.20. The number of nitrogens with one attached hydrogen (secondary N) is 2. The van der Waals surface area contributed by atoms with Crippen LogP contribution in [0.4, 0.5) is 0 Å². The average molecular weight is 451 g/mol. The molecule has 1 amide bonds. The van der Waals surface area contributed by atoms with Crippen molar-refractivity contribution in [2.45, 2.75) is 44.6 Å². The van der Waals surface area contributed by atoms with E-state index in [2.05, 4.69) is 10.0 Å². The normalized spacial score (nSPS) is 12.3. The van der Waals surface area contributed by atoms with Crippen LogP contribution in [0.15, 0.2) is 77.7 Å². The summed E-state index contributed by atoms with van der Waals surface area (Å²) in [6.07, 6.45) is 0.939. The van der Waals surface area contributed by atoms with Gasteiger partial charge < -0.3 is 5.32 Å². The molecule has 0 aliphatic carbocycles. The highest BCUT2D eigenvalue weighted by Crippen LogP contribution is 2.22. The Kier molecular flexibility index (Phi) is 7.83. The second-order valence-electron chi connectivity index (χ2n) is 8.12. The maximum atomic E-state index is 13.3. The monoisotopic (exact) mass is 450 g/mol. The van der Waals surface area contributed by atoms with Crippen molar-refractivity contribution in [3.63, 3.8) is 0 Å². The first-order chi connectivity index (χ1) is 15.3. The van der Waals surface area contributed by atoms with Gasteiger partial charge in [0.15, 0.2) is 0 Å². The molecule has 0 spiro atoms. The molecule has 0 saturated carbocycles. The van der Waals surface area contributed by atoms with E-state index in [0.717, 1.165) is 16.7 Å². The zero-order valence-corrected chi connectivity index (χ0v) is 19.6. The lowest BCUT2D eigenvalue weighted by Crippen LogP contribution is -2.48. The zero-order chi connectivity index (χ0) is 23.1. The molecule has 2 N–H and O–H groups in total. The number of hydrogen-bond donors (Lipinski definition) is 2. The van der Waals surface area contributed by atoms with Crippen molar-refractivity contribution in [3.8, 4) is 0 Å². The number of benzene rings is 3. The van der Waals surface area contributed by atoms with E-state index in [9.17, 15) is 13.2 Å². The van der Waals surface area contributed by atoms with Crippen molar-refractivity contribution < 1.29 is 13.2 Å². The SMILES string of the molecule is Cc1cc(C)c(S(=O)(=O)NC(Cc2ccccc2)C(=O)NCCc2ccccc2)c(C)c1. The molecule has 0 radical (unpaired) electrons. The minimum absolute atomic E-state index is 0.234. The first-order valence-electron chi connectivity index (χ1n) is 10.7. The fraction of sp³-hybridized carbons (Fsp3) is 0.269. The van der Waals surface area contributed by atoms with Crippen LogP contribution < -0.4 is 10.0 Å². The molecule has 32 heavy (non-hydrogen) atoms.